The van der Waals surface area contributed by atoms with Crippen LogP contribution in [0.3, 0.4) is 0 Å². The van der Waals surface area contributed by atoms with E-state index in [4.69, 9.17) is 16.0 Å². The van der Waals surface area contributed by atoms with Crippen molar-refractivity contribution in [2.45, 2.75) is 19.9 Å². The number of benzene rings is 2. The predicted molar refractivity (Wildman–Crippen MR) is 94.5 cm³/mol. The molecule has 2 aromatic carbocycles. The summed E-state index contributed by atoms with van der Waals surface area (Å²) in [6, 6.07) is 13.9. The average molecular weight is 342 g/mol. The Morgan fingerprint density at radius 1 is 1.17 bits per heavy atom. The highest BCUT2D eigenvalue weighted by Gasteiger charge is 2.11. The van der Waals surface area contributed by atoms with Crippen LogP contribution in [0.1, 0.15) is 28.4 Å². The molecule has 0 aliphatic heterocycles. The number of halogens is 1. The van der Waals surface area contributed by atoms with Crippen LogP contribution in [0.5, 0.6) is 0 Å². The van der Waals surface area contributed by atoms with Crippen LogP contribution in [0.25, 0.3) is 11.0 Å². The zero-order valence-electron chi connectivity index (χ0n) is 13.1. The van der Waals surface area contributed by atoms with Gasteiger partial charge in [-0.25, -0.2) is 4.79 Å². The van der Waals surface area contributed by atoms with E-state index in [2.05, 4.69) is 12.2 Å². The molecule has 0 saturated carbocycles. The topological polar surface area (TPSA) is 59.3 Å². The van der Waals surface area contributed by atoms with Crippen molar-refractivity contribution in [3.05, 3.63) is 80.7 Å². The van der Waals surface area contributed by atoms with Crippen LogP contribution < -0.4 is 10.9 Å². The van der Waals surface area contributed by atoms with E-state index in [0.717, 1.165) is 22.9 Å². The molecule has 1 amide bonds. The summed E-state index contributed by atoms with van der Waals surface area (Å²) < 4.78 is 5.22. The van der Waals surface area contributed by atoms with Crippen molar-refractivity contribution in [3.8, 4) is 0 Å². The summed E-state index contributed by atoms with van der Waals surface area (Å²) >= 11 is 6.03. The second-order valence-electron chi connectivity index (χ2n) is 5.44. The number of rotatable bonds is 4. The Kier molecular flexibility index (Phi) is 4.67. The van der Waals surface area contributed by atoms with Crippen LogP contribution in [0.15, 0.2) is 57.7 Å². The van der Waals surface area contributed by atoms with Gasteiger partial charge >= 0.3 is 5.63 Å². The molecule has 0 bridgehead atoms. The highest BCUT2D eigenvalue weighted by Crippen LogP contribution is 2.20. The van der Waals surface area contributed by atoms with E-state index >= 15 is 0 Å². The monoisotopic (exact) mass is 341 g/mol. The molecule has 3 rings (SSSR count). The predicted octanol–water partition coefficient (Wildman–Crippen LogP) is 3.94. The summed E-state index contributed by atoms with van der Waals surface area (Å²) in [5.41, 5.74) is 2.34. The summed E-state index contributed by atoms with van der Waals surface area (Å²) in [5, 5.41) is 4.03. The second-order valence-corrected chi connectivity index (χ2v) is 5.84. The number of carbonyl (C=O) groups is 1. The molecule has 0 atom stereocenters. The van der Waals surface area contributed by atoms with Gasteiger partial charge in [0.25, 0.3) is 5.91 Å². The normalized spacial score (nSPS) is 10.8. The molecule has 5 heteroatoms. The molecule has 0 spiro atoms. The molecular weight excluding hydrogens is 326 g/mol. The molecule has 0 fully saturated rings. The van der Waals surface area contributed by atoms with Crippen LogP contribution >= 0.6 is 11.6 Å². The van der Waals surface area contributed by atoms with Crippen molar-refractivity contribution >= 4 is 28.5 Å². The van der Waals surface area contributed by atoms with Crippen LogP contribution in [0.4, 0.5) is 0 Å². The number of carbonyl (C=O) groups excluding carboxylic acids is 1. The maximum absolute atomic E-state index is 12.3. The smallest absolute Gasteiger partial charge is 0.336 e. The minimum atomic E-state index is -0.436. The highest BCUT2D eigenvalue weighted by molar-refractivity contribution is 6.33. The molecule has 0 unspecified atom stereocenters. The van der Waals surface area contributed by atoms with Gasteiger partial charge in [-0.3, -0.25) is 4.79 Å². The molecule has 122 valence electrons. The van der Waals surface area contributed by atoms with E-state index in [0.29, 0.717) is 16.2 Å². The molecule has 1 aromatic heterocycles. The molecule has 0 radical (unpaired) electrons. The van der Waals surface area contributed by atoms with Crippen LogP contribution in [-0.2, 0) is 13.0 Å². The number of amides is 1. The molecule has 0 aliphatic rings. The molecular formula is C19H16ClNO3. The van der Waals surface area contributed by atoms with Gasteiger partial charge in [-0.2, -0.15) is 0 Å². The Hall–Kier alpha value is -2.59. The summed E-state index contributed by atoms with van der Waals surface area (Å²) in [6.45, 7) is 2.28. The van der Waals surface area contributed by atoms with E-state index in [1.807, 2.05) is 12.1 Å². The highest BCUT2D eigenvalue weighted by atomic mass is 35.5. The molecule has 1 N–H and O–H groups in total. The lowest BCUT2D eigenvalue weighted by atomic mass is 10.1. The maximum atomic E-state index is 12.3. The first-order chi connectivity index (χ1) is 11.6. The van der Waals surface area contributed by atoms with Crippen molar-refractivity contribution in [2.24, 2.45) is 0 Å². The molecule has 4 nitrogen and oxygen atoms in total. The summed E-state index contributed by atoms with van der Waals surface area (Å²) in [4.78, 5) is 24.0. The first kappa shape index (κ1) is 16.3. The molecule has 0 aliphatic carbocycles. The van der Waals surface area contributed by atoms with E-state index < -0.39 is 5.63 Å². The Morgan fingerprint density at radius 2 is 1.96 bits per heavy atom. The van der Waals surface area contributed by atoms with Gasteiger partial charge in [0.1, 0.15) is 5.58 Å². The summed E-state index contributed by atoms with van der Waals surface area (Å²) in [5.74, 6) is -0.284. The Balaban J connectivity index is 1.91. The fraction of sp³-hybridized carbons (Fsp3) is 0.158. The Labute approximate surface area is 144 Å². The number of hydrogen-bond acceptors (Lipinski definition) is 3. The maximum Gasteiger partial charge on any atom is 0.336 e. The molecule has 0 saturated heterocycles. The van der Waals surface area contributed by atoms with Gasteiger partial charge in [-0.15, -0.1) is 0 Å². The third-order valence-electron chi connectivity index (χ3n) is 3.86. The quantitative estimate of drug-likeness (QED) is 0.731. The summed E-state index contributed by atoms with van der Waals surface area (Å²) in [7, 11) is 0. The van der Waals surface area contributed by atoms with E-state index in [1.165, 1.54) is 6.07 Å². The van der Waals surface area contributed by atoms with Gasteiger partial charge in [-0.05, 0) is 41.8 Å². The lowest BCUT2D eigenvalue weighted by Gasteiger charge is -2.09. The number of nitrogens with one attached hydrogen (secondary N) is 1. The Bertz CT molecular complexity index is 962. The van der Waals surface area contributed by atoms with Gasteiger partial charge in [0.05, 0.1) is 10.6 Å². The van der Waals surface area contributed by atoms with Gasteiger partial charge in [0.2, 0.25) is 0 Å². The van der Waals surface area contributed by atoms with Gasteiger partial charge in [0, 0.05) is 18.0 Å². The average Bonchev–Trinajstić information content (AvgIpc) is 2.59. The van der Waals surface area contributed by atoms with Crippen molar-refractivity contribution < 1.29 is 9.21 Å². The standard InChI is InChI=1S/C19H16ClNO3/c1-2-12-7-8-17-15(9-12)13(10-18(22)24-17)11-21-19(23)14-5-3-4-6-16(14)20/h3-10H,2,11H2,1H3,(H,21,23). The van der Waals surface area contributed by atoms with Crippen molar-refractivity contribution in [1.82, 2.24) is 5.32 Å². The molecule has 24 heavy (non-hydrogen) atoms. The third-order valence-corrected chi connectivity index (χ3v) is 4.19. The van der Waals surface area contributed by atoms with Crippen LogP contribution in [-0.4, -0.2) is 5.91 Å². The van der Waals surface area contributed by atoms with Crippen molar-refractivity contribution in [2.75, 3.05) is 0 Å². The third kappa shape index (κ3) is 3.34. The van der Waals surface area contributed by atoms with Crippen molar-refractivity contribution in [1.29, 1.82) is 0 Å². The van der Waals surface area contributed by atoms with E-state index in [-0.39, 0.29) is 12.5 Å². The molecule has 3 aromatic rings. The summed E-state index contributed by atoms with van der Waals surface area (Å²) in [6.07, 6.45) is 0.875. The zero-order chi connectivity index (χ0) is 17.1. The fourth-order valence-electron chi connectivity index (χ4n) is 2.56. The largest absolute Gasteiger partial charge is 0.423 e. The van der Waals surface area contributed by atoms with Crippen LogP contribution in [0, 0.1) is 0 Å². The molecule has 1 heterocycles. The van der Waals surface area contributed by atoms with E-state index in [1.54, 1.807) is 30.3 Å². The minimum Gasteiger partial charge on any atom is -0.423 e. The van der Waals surface area contributed by atoms with Crippen molar-refractivity contribution in [3.63, 3.8) is 0 Å². The lowest BCUT2D eigenvalue weighted by Crippen LogP contribution is -2.23. The minimum absolute atomic E-state index is 0.222. The Morgan fingerprint density at radius 3 is 2.71 bits per heavy atom. The SMILES string of the molecule is CCc1ccc2oc(=O)cc(CNC(=O)c3ccccc3Cl)c2c1. The van der Waals surface area contributed by atoms with Gasteiger partial charge < -0.3 is 9.73 Å². The number of fused-ring (bicyclic) bond motifs is 1. The first-order valence-corrected chi connectivity index (χ1v) is 8.04. The number of aryl methyl sites for hydroxylation is 1. The van der Waals surface area contributed by atoms with E-state index in [9.17, 15) is 9.59 Å². The zero-order valence-corrected chi connectivity index (χ0v) is 13.9. The lowest BCUT2D eigenvalue weighted by molar-refractivity contribution is 0.0951. The second kappa shape index (κ2) is 6.89. The van der Waals surface area contributed by atoms with Crippen LogP contribution in [0.2, 0.25) is 5.02 Å². The number of hydrogen-bond donors (Lipinski definition) is 1. The first-order valence-electron chi connectivity index (χ1n) is 7.67. The fourth-order valence-corrected chi connectivity index (χ4v) is 2.78. The van der Waals surface area contributed by atoms with Gasteiger partial charge in [-0.1, -0.05) is 36.7 Å². The van der Waals surface area contributed by atoms with Gasteiger partial charge in [0.15, 0.2) is 0 Å².